The number of carbonyl (C=O) groups excluding carboxylic acids is 1. The SMILES string of the molecule is C[C@H](CCc1ccccc1)NC(=O)CCc1ccccc1. The van der Waals surface area contributed by atoms with Crippen molar-refractivity contribution >= 4 is 5.91 Å². The Morgan fingerprint density at radius 2 is 1.43 bits per heavy atom. The highest BCUT2D eigenvalue weighted by atomic mass is 16.1. The van der Waals surface area contributed by atoms with Gasteiger partial charge in [0, 0.05) is 12.5 Å². The van der Waals surface area contributed by atoms with Crippen LogP contribution < -0.4 is 5.32 Å². The minimum atomic E-state index is 0.138. The molecule has 1 atom stereocenters. The number of rotatable bonds is 7. The molecule has 2 aromatic carbocycles. The molecular formula is C19H23NO. The molecule has 2 nitrogen and oxygen atoms in total. The molecule has 0 saturated heterocycles. The molecule has 1 N–H and O–H groups in total. The first-order chi connectivity index (χ1) is 10.2. The zero-order valence-corrected chi connectivity index (χ0v) is 12.6. The monoisotopic (exact) mass is 281 g/mol. The van der Waals surface area contributed by atoms with Crippen molar-refractivity contribution in [2.24, 2.45) is 0 Å². The fourth-order valence-electron chi connectivity index (χ4n) is 2.35. The number of hydrogen-bond donors (Lipinski definition) is 1. The number of amides is 1. The summed E-state index contributed by atoms with van der Waals surface area (Å²) >= 11 is 0. The summed E-state index contributed by atoms with van der Waals surface area (Å²) in [6.45, 7) is 2.07. The van der Waals surface area contributed by atoms with Crippen LogP contribution in [-0.2, 0) is 17.6 Å². The number of benzene rings is 2. The van der Waals surface area contributed by atoms with Crippen molar-refractivity contribution in [2.45, 2.75) is 38.6 Å². The molecule has 0 unspecified atom stereocenters. The van der Waals surface area contributed by atoms with E-state index >= 15 is 0 Å². The molecular weight excluding hydrogens is 258 g/mol. The molecule has 0 fully saturated rings. The van der Waals surface area contributed by atoms with Gasteiger partial charge in [0.2, 0.25) is 5.91 Å². The van der Waals surface area contributed by atoms with E-state index in [0.717, 1.165) is 19.3 Å². The van der Waals surface area contributed by atoms with Crippen molar-refractivity contribution < 1.29 is 4.79 Å². The Kier molecular flexibility index (Phi) is 6.01. The van der Waals surface area contributed by atoms with Crippen molar-refractivity contribution in [1.29, 1.82) is 0 Å². The largest absolute Gasteiger partial charge is 0.354 e. The van der Waals surface area contributed by atoms with Crippen molar-refractivity contribution in [2.75, 3.05) is 0 Å². The topological polar surface area (TPSA) is 29.1 Å². The quantitative estimate of drug-likeness (QED) is 0.822. The predicted molar refractivity (Wildman–Crippen MR) is 87.1 cm³/mol. The fraction of sp³-hybridized carbons (Fsp3) is 0.316. The summed E-state index contributed by atoms with van der Waals surface area (Å²) in [6.07, 6.45) is 3.33. The Labute approximate surface area is 127 Å². The van der Waals surface area contributed by atoms with Crippen LogP contribution >= 0.6 is 0 Å². The summed E-state index contributed by atoms with van der Waals surface area (Å²) in [5.74, 6) is 0.138. The molecule has 0 saturated carbocycles. The first-order valence-corrected chi connectivity index (χ1v) is 7.61. The summed E-state index contributed by atoms with van der Waals surface area (Å²) in [7, 11) is 0. The van der Waals surface area contributed by atoms with Crippen LogP contribution in [0.25, 0.3) is 0 Å². The molecule has 110 valence electrons. The second-order valence-corrected chi connectivity index (χ2v) is 5.48. The van der Waals surface area contributed by atoms with Crippen molar-refractivity contribution in [3.05, 3.63) is 71.8 Å². The number of carbonyl (C=O) groups is 1. The number of hydrogen-bond acceptors (Lipinski definition) is 1. The molecule has 0 radical (unpaired) electrons. The van der Waals surface area contributed by atoms with E-state index in [1.54, 1.807) is 0 Å². The lowest BCUT2D eigenvalue weighted by atomic mass is 10.1. The Bertz CT molecular complexity index is 536. The number of nitrogens with one attached hydrogen (secondary N) is 1. The van der Waals surface area contributed by atoms with E-state index in [2.05, 4.69) is 48.6 Å². The molecule has 1 amide bonds. The summed E-state index contributed by atoms with van der Waals surface area (Å²) in [5.41, 5.74) is 2.53. The van der Waals surface area contributed by atoms with Crippen LogP contribution in [0.2, 0.25) is 0 Å². The van der Waals surface area contributed by atoms with Crippen LogP contribution in [-0.4, -0.2) is 11.9 Å². The van der Waals surface area contributed by atoms with Gasteiger partial charge in [-0.15, -0.1) is 0 Å². The van der Waals surface area contributed by atoms with Gasteiger partial charge >= 0.3 is 0 Å². The van der Waals surface area contributed by atoms with Gasteiger partial charge in [0.1, 0.15) is 0 Å². The van der Waals surface area contributed by atoms with Crippen molar-refractivity contribution in [3.63, 3.8) is 0 Å². The Morgan fingerprint density at radius 3 is 2.00 bits per heavy atom. The Morgan fingerprint density at radius 1 is 0.905 bits per heavy atom. The van der Waals surface area contributed by atoms with E-state index in [0.29, 0.717) is 6.42 Å². The summed E-state index contributed by atoms with van der Waals surface area (Å²) in [6, 6.07) is 20.7. The minimum Gasteiger partial charge on any atom is -0.354 e. The molecule has 2 aromatic rings. The fourth-order valence-corrected chi connectivity index (χ4v) is 2.35. The van der Waals surface area contributed by atoms with Gasteiger partial charge in [-0.25, -0.2) is 0 Å². The highest BCUT2D eigenvalue weighted by molar-refractivity contribution is 5.76. The summed E-state index contributed by atoms with van der Waals surface area (Å²) in [5, 5.41) is 3.08. The lowest BCUT2D eigenvalue weighted by molar-refractivity contribution is -0.121. The molecule has 0 aromatic heterocycles. The predicted octanol–water partition coefficient (Wildman–Crippen LogP) is 3.76. The molecule has 0 aliphatic heterocycles. The van der Waals surface area contributed by atoms with Crippen LogP contribution in [0.5, 0.6) is 0 Å². The first kappa shape index (κ1) is 15.3. The van der Waals surface area contributed by atoms with E-state index in [4.69, 9.17) is 0 Å². The highest BCUT2D eigenvalue weighted by Crippen LogP contribution is 2.06. The van der Waals surface area contributed by atoms with Crippen LogP contribution in [0.3, 0.4) is 0 Å². The first-order valence-electron chi connectivity index (χ1n) is 7.61. The van der Waals surface area contributed by atoms with E-state index in [1.165, 1.54) is 11.1 Å². The van der Waals surface area contributed by atoms with Crippen LogP contribution in [0.1, 0.15) is 30.9 Å². The smallest absolute Gasteiger partial charge is 0.220 e. The average molecular weight is 281 g/mol. The third kappa shape index (κ3) is 5.82. The summed E-state index contributed by atoms with van der Waals surface area (Å²) < 4.78 is 0. The maximum Gasteiger partial charge on any atom is 0.220 e. The molecule has 0 aliphatic rings. The lowest BCUT2D eigenvalue weighted by Gasteiger charge is -2.14. The van der Waals surface area contributed by atoms with Gasteiger partial charge in [-0.1, -0.05) is 60.7 Å². The van der Waals surface area contributed by atoms with Crippen molar-refractivity contribution in [3.8, 4) is 0 Å². The van der Waals surface area contributed by atoms with E-state index in [-0.39, 0.29) is 11.9 Å². The van der Waals surface area contributed by atoms with Gasteiger partial charge < -0.3 is 5.32 Å². The molecule has 2 heteroatoms. The third-order valence-corrected chi connectivity index (χ3v) is 3.60. The van der Waals surface area contributed by atoms with Crippen LogP contribution in [0, 0.1) is 0 Å². The highest BCUT2D eigenvalue weighted by Gasteiger charge is 2.07. The van der Waals surface area contributed by atoms with Gasteiger partial charge in [-0.05, 0) is 37.3 Å². The van der Waals surface area contributed by atoms with Gasteiger partial charge in [-0.3, -0.25) is 4.79 Å². The normalized spacial score (nSPS) is 11.9. The molecule has 0 heterocycles. The van der Waals surface area contributed by atoms with Gasteiger partial charge in [0.05, 0.1) is 0 Å². The van der Waals surface area contributed by atoms with Gasteiger partial charge in [0.25, 0.3) is 0 Å². The van der Waals surface area contributed by atoms with E-state index < -0.39 is 0 Å². The molecule has 0 spiro atoms. The Hall–Kier alpha value is -2.09. The standard InChI is InChI=1S/C19H23NO/c1-16(12-13-17-8-4-2-5-9-17)20-19(21)15-14-18-10-6-3-7-11-18/h2-11,16H,12-15H2,1H3,(H,20,21)/t16-/m1/s1. The minimum absolute atomic E-state index is 0.138. The second kappa shape index (κ2) is 8.25. The lowest BCUT2D eigenvalue weighted by Crippen LogP contribution is -2.33. The summed E-state index contributed by atoms with van der Waals surface area (Å²) in [4.78, 5) is 11.9. The van der Waals surface area contributed by atoms with Gasteiger partial charge in [-0.2, -0.15) is 0 Å². The molecule has 2 rings (SSSR count). The average Bonchev–Trinajstić information content (AvgIpc) is 2.53. The van der Waals surface area contributed by atoms with Crippen molar-refractivity contribution in [1.82, 2.24) is 5.32 Å². The zero-order valence-electron chi connectivity index (χ0n) is 12.6. The Balaban J connectivity index is 1.67. The third-order valence-electron chi connectivity index (χ3n) is 3.60. The van der Waals surface area contributed by atoms with Gasteiger partial charge in [0.15, 0.2) is 0 Å². The van der Waals surface area contributed by atoms with Crippen LogP contribution in [0.15, 0.2) is 60.7 Å². The number of aryl methyl sites for hydroxylation is 2. The van der Waals surface area contributed by atoms with Crippen LogP contribution in [0.4, 0.5) is 0 Å². The zero-order chi connectivity index (χ0) is 14.9. The molecule has 0 bridgehead atoms. The molecule has 21 heavy (non-hydrogen) atoms. The van der Waals surface area contributed by atoms with E-state index in [9.17, 15) is 4.79 Å². The molecule has 0 aliphatic carbocycles. The maximum absolute atomic E-state index is 11.9. The second-order valence-electron chi connectivity index (χ2n) is 5.48. The maximum atomic E-state index is 11.9. The van der Waals surface area contributed by atoms with E-state index in [1.807, 2.05) is 24.3 Å².